The van der Waals surface area contributed by atoms with E-state index >= 15 is 0 Å². The van der Waals surface area contributed by atoms with Crippen LogP contribution in [0.25, 0.3) is 11.4 Å². The first-order valence-electron chi connectivity index (χ1n) is 7.18. The van der Waals surface area contributed by atoms with Crippen LogP contribution in [0.15, 0.2) is 73.1 Å². The van der Waals surface area contributed by atoms with E-state index in [1.165, 1.54) is 0 Å². The average molecular weight is 305 g/mol. The number of hydrogen-bond donors (Lipinski definition) is 1. The summed E-state index contributed by atoms with van der Waals surface area (Å²) < 4.78 is 5.15. The summed E-state index contributed by atoms with van der Waals surface area (Å²) in [4.78, 5) is 20.3. The monoisotopic (exact) mass is 305 g/mol. The highest BCUT2D eigenvalue weighted by atomic mass is 16.5. The van der Waals surface area contributed by atoms with Gasteiger partial charge < -0.3 is 10.1 Å². The zero-order chi connectivity index (χ0) is 15.9. The molecule has 2 aromatic heterocycles. The molecule has 0 fully saturated rings. The topological polar surface area (TPSA) is 64.1 Å². The number of ether oxygens (including phenoxy) is 1. The highest BCUT2D eigenvalue weighted by Crippen LogP contribution is 2.13. The summed E-state index contributed by atoms with van der Waals surface area (Å²) in [6.07, 6.45) is 2.95. The van der Waals surface area contributed by atoms with E-state index in [0.717, 1.165) is 17.0 Å². The molecular formula is C18H15N3O2. The Morgan fingerprint density at radius 2 is 1.70 bits per heavy atom. The SMILES string of the molecule is O=C(NCc1ccc(-c2ccccn2)nc1)Oc1ccccc1. The third-order valence-corrected chi connectivity index (χ3v) is 3.14. The number of nitrogens with one attached hydrogen (secondary N) is 1. The Balaban J connectivity index is 1.55. The molecule has 0 atom stereocenters. The van der Waals surface area contributed by atoms with E-state index in [-0.39, 0.29) is 0 Å². The van der Waals surface area contributed by atoms with Crippen molar-refractivity contribution in [2.75, 3.05) is 0 Å². The Labute approximate surface area is 134 Å². The van der Waals surface area contributed by atoms with E-state index < -0.39 is 6.09 Å². The summed E-state index contributed by atoms with van der Waals surface area (Å²) in [5.41, 5.74) is 2.49. The Hall–Kier alpha value is -3.21. The lowest BCUT2D eigenvalue weighted by Gasteiger charge is -2.07. The van der Waals surface area contributed by atoms with Crippen molar-refractivity contribution in [2.24, 2.45) is 0 Å². The van der Waals surface area contributed by atoms with Crippen LogP contribution in [0.5, 0.6) is 5.75 Å². The number of para-hydroxylation sites is 1. The fourth-order valence-corrected chi connectivity index (χ4v) is 2.00. The predicted octanol–water partition coefficient (Wildman–Crippen LogP) is 3.43. The number of hydrogen-bond acceptors (Lipinski definition) is 4. The first-order valence-corrected chi connectivity index (χ1v) is 7.18. The van der Waals surface area contributed by atoms with Gasteiger partial charge in [0.2, 0.25) is 0 Å². The summed E-state index contributed by atoms with van der Waals surface area (Å²) in [6.45, 7) is 0.348. The van der Waals surface area contributed by atoms with Crippen LogP contribution < -0.4 is 10.1 Å². The van der Waals surface area contributed by atoms with Crippen LogP contribution in [0, 0.1) is 0 Å². The number of amides is 1. The molecule has 0 radical (unpaired) electrons. The number of rotatable bonds is 4. The fraction of sp³-hybridized carbons (Fsp3) is 0.0556. The third kappa shape index (κ3) is 4.14. The molecule has 5 heteroatoms. The van der Waals surface area contributed by atoms with Gasteiger partial charge in [-0.05, 0) is 35.9 Å². The fourth-order valence-electron chi connectivity index (χ4n) is 2.00. The minimum atomic E-state index is -0.495. The second-order valence-electron chi connectivity index (χ2n) is 4.82. The molecule has 5 nitrogen and oxygen atoms in total. The third-order valence-electron chi connectivity index (χ3n) is 3.14. The molecule has 0 unspecified atom stereocenters. The van der Waals surface area contributed by atoms with Gasteiger partial charge in [0.25, 0.3) is 0 Å². The van der Waals surface area contributed by atoms with Gasteiger partial charge in [-0.1, -0.05) is 30.3 Å². The smallest absolute Gasteiger partial charge is 0.410 e. The minimum Gasteiger partial charge on any atom is -0.410 e. The van der Waals surface area contributed by atoms with Gasteiger partial charge in [-0.3, -0.25) is 9.97 Å². The molecule has 3 aromatic rings. The van der Waals surface area contributed by atoms with Crippen LogP contribution in [0.3, 0.4) is 0 Å². The van der Waals surface area contributed by atoms with Gasteiger partial charge in [0.15, 0.2) is 0 Å². The van der Waals surface area contributed by atoms with Gasteiger partial charge in [-0.2, -0.15) is 0 Å². The van der Waals surface area contributed by atoms with Crippen molar-refractivity contribution < 1.29 is 9.53 Å². The van der Waals surface area contributed by atoms with E-state index in [1.807, 2.05) is 48.5 Å². The lowest BCUT2D eigenvalue weighted by Crippen LogP contribution is -2.26. The van der Waals surface area contributed by atoms with Gasteiger partial charge in [0.05, 0.1) is 11.4 Å². The maximum absolute atomic E-state index is 11.7. The number of nitrogens with zero attached hydrogens (tertiary/aromatic N) is 2. The molecular weight excluding hydrogens is 290 g/mol. The highest BCUT2D eigenvalue weighted by Gasteiger charge is 2.05. The Morgan fingerprint density at radius 3 is 2.39 bits per heavy atom. The first kappa shape index (κ1) is 14.7. The predicted molar refractivity (Wildman–Crippen MR) is 86.8 cm³/mol. The zero-order valence-corrected chi connectivity index (χ0v) is 12.3. The number of aromatic nitrogens is 2. The maximum Gasteiger partial charge on any atom is 0.412 e. The van der Waals surface area contributed by atoms with Crippen LogP contribution in [-0.4, -0.2) is 16.1 Å². The van der Waals surface area contributed by atoms with E-state index in [0.29, 0.717) is 12.3 Å². The summed E-state index contributed by atoms with van der Waals surface area (Å²) >= 11 is 0. The summed E-state index contributed by atoms with van der Waals surface area (Å²) in [6, 6.07) is 18.4. The molecule has 2 heterocycles. The van der Waals surface area contributed by atoms with Crippen molar-refractivity contribution in [1.82, 2.24) is 15.3 Å². The van der Waals surface area contributed by atoms with Crippen LogP contribution in [0.4, 0.5) is 4.79 Å². The lowest BCUT2D eigenvalue weighted by molar-refractivity contribution is 0.200. The van der Waals surface area contributed by atoms with Crippen LogP contribution in [-0.2, 0) is 6.54 Å². The number of pyridine rings is 2. The van der Waals surface area contributed by atoms with Gasteiger partial charge in [0.1, 0.15) is 5.75 Å². The Bertz CT molecular complexity index is 759. The molecule has 1 aromatic carbocycles. The van der Waals surface area contributed by atoms with E-state index in [2.05, 4.69) is 15.3 Å². The van der Waals surface area contributed by atoms with Gasteiger partial charge in [-0.25, -0.2) is 4.79 Å². The number of carbonyl (C=O) groups excluding carboxylic acids is 1. The quantitative estimate of drug-likeness (QED) is 0.802. The molecule has 0 spiro atoms. The van der Waals surface area contributed by atoms with E-state index in [9.17, 15) is 4.79 Å². The summed E-state index contributed by atoms with van der Waals surface area (Å²) in [7, 11) is 0. The standard InChI is InChI=1S/C18H15N3O2/c22-18(23-15-6-2-1-3-7-15)21-13-14-9-10-17(20-12-14)16-8-4-5-11-19-16/h1-12H,13H2,(H,21,22). The molecule has 1 N–H and O–H groups in total. The number of carbonyl (C=O) groups is 1. The average Bonchev–Trinajstić information content (AvgIpc) is 2.62. The van der Waals surface area contributed by atoms with Crippen LogP contribution >= 0.6 is 0 Å². The second kappa shape index (κ2) is 7.17. The maximum atomic E-state index is 11.7. The molecule has 3 rings (SSSR count). The van der Waals surface area contributed by atoms with Crippen molar-refractivity contribution >= 4 is 6.09 Å². The molecule has 23 heavy (non-hydrogen) atoms. The normalized spacial score (nSPS) is 10.1. The van der Waals surface area contributed by atoms with Crippen molar-refractivity contribution in [1.29, 1.82) is 0 Å². The van der Waals surface area contributed by atoms with Crippen molar-refractivity contribution in [3.05, 3.63) is 78.6 Å². The number of benzene rings is 1. The van der Waals surface area contributed by atoms with Gasteiger partial charge in [0, 0.05) is 18.9 Å². The van der Waals surface area contributed by atoms with Crippen molar-refractivity contribution in [2.45, 2.75) is 6.54 Å². The molecule has 0 bridgehead atoms. The van der Waals surface area contributed by atoms with Crippen LogP contribution in [0.2, 0.25) is 0 Å². The van der Waals surface area contributed by atoms with E-state index in [1.54, 1.807) is 24.5 Å². The van der Waals surface area contributed by atoms with Crippen LogP contribution in [0.1, 0.15) is 5.56 Å². The minimum absolute atomic E-state index is 0.348. The lowest BCUT2D eigenvalue weighted by atomic mass is 10.2. The molecule has 0 aliphatic rings. The highest BCUT2D eigenvalue weighted by molar-refractivity contribution is 5.70. The van der Waals surface area contributed by atoms with Gasteiger partial charge in [-0.15, -0.1) is 0 Å². The summed E-state index contributed by atoms with van der Waals surface area (Å²) in [5.74, 6) is 0.508. The van der Waals surface area contributed by atoms with Crippen molar-refractivity contribution in [3.8, 4) is 17.1 Å². The summed E-state index contributed by atoms with van der Waals surface area (Å²) in [5, 5.41) is 2.69. The molecule has 0 aliphatic carbocycles. The molecule has 114 valence electrons. The largest absolute Gasteiger partial charge is 0.412 e. The van der Waals surface area contributed by atoms with Gasteiger partial charge >= 0.3 is 6.09 Å². The molecule has 0 aliphatic heterocycles. The zero-order valence-electron chi connectivity index (χ0n) is 12.3. The molecule has 0 saturated heterocycles. The molecule has 0 saturated carbocycles. The Morgan fingerprint density at radius 1 is 0.913 bits per heavy atom. The van der Waals surface area contributed by atoms with E-state index in [4.69, 9.17) is 4.74 Å². The van der Waals surface area contributed by atoms with Crippen molar-refractivity contribution in [3.63, 3.8) is 0 Å². The first-order chi connectivity index (χ1) is 11.3. The Kier molecular flexibility index (Phi) is 4.59. The second-order valence-corrected chi connectivity index (χ2v) is 4.82. The molecule has 1 amide bonds.